The summed E-state index contributed by atoms with van der Waals surface area (Å²) in [6.07, 6.45) is 0.0406. The molecule has 7 heteroatoms. The van der Waals surface area contributed by atoms with Crippen molar-refractivity contribution in [3.63, 3.8) is 0 Å². The molecule has 1 N–H and O–H groups in total. The number of benzene rings is 2. The molecule has 0 radical (unpaired) electrons. The number of nitrogens with one attached hydrogen (secondary N) is 1. The maximum atomic E-state index is 12.4. The van der Waals surface area contributed by atoms with Crippen LogP contribution in [0.25, 0.3) is 0 Å². The molecule has 0 saturated carbocycles. The lowest BCUT2D eigenvalue weighted by Crippen LogP contribution is -2.32. The number of hydrogen-bond donors (Lipinski definition) is 1. The van der Waals surface area contributed by atoms with Gasteiger partial charge in [0.2, 0.25) is 5.91 Å². The molecule has 0 aliphatic carbocycles. The Labute approximate surface area is 169 Å². The molecule has 1 fully saturated rings. The molecule has 2 aromatic carbocycles. The summed E-state index contributed by atoms with van der Waals surface area (Å²) in [4.78, 5) is 38.4. The van der Waals surface area contributed by atoms with Crippen LogP contribution in [0.4, 0.5) is 5.69 Å². The van der Waals surface area contributed by atoms with Crippen LogP contribution in [0.15, 0.2) is 54.6 Å². The van der Waals surface area contributed by atoms with Crippen molar-refractivity contribution < 1.29 is 23.9 Å². The Hall–Kier alpha value is -3.35. The van der Waals surface area contributed by atoms with Crippen molar-refractivity contribution in [3.05, 3.63) is 60.2 Å². The Morgan fingerprint density at radius 3 is 2.55 bits per heavy atom. The van der Waals surface area contributed by atoms with E-state index in [-0.39, 0.29) is 37.4 Å². The van der Waals surface area contributed by atoms with E-state index in [1.54, 1.807) is 18.2 Å². The van der Waals surface area contributed by atoms with E-state index >= 15 is 0 Å². The number of ether oxygens (including phenoxy) is 2. The monoisotopic (exact) mass is 396 g/mol. The molecule has 2 amide bonds. The van der Waals surface area contributed by atoms with Gasteiger partial charge in [0, 0.05) is 13.0 Å². The highest BCUT2D eigenvalue weighted by atomic mass is 16.5. The summed E-state index contributed by atoms with van der Waals surface area (Å²) >= 11 is 0. The van der Waals surface area contributed by atoms with E-state index in [2.05, 4.69) is 5.32 Å². The van der Waals surface area contributed by atoms with Gasteiger partial charge in [-0.2, -0.15) is 0 Å². The largest absolute Gasteiger partial charge is 0.495 e. The molecule has 29 heavy (non-hydrogen) atoms. The molecule has 1 saturated heterocycles. The van der Waals surface area contributed by atoms with Gasteiger partial charge in [0.05, 0.1) is 24.8 Å². The number of rotatable bonds is 7. The molecule has 3 rings (SSSR count). The number of methoxy groups -OCH3 is 1. The van der Waals surface area contributed by atoms with E-state index in [0.29, 0.717) is 11.4 Å². The second-order valence-electron chi connectivity index (χ2n) is 6.88. The summed E-state index contributed by atoms with van der Waals surface area (Å²) in [5.74, 6) is -1.19. The van der Waals surface area contributed by atoms with Crippen LogP contribution >= 0.6 is 0 Å². The topological polar surface area (TPSA) is 84.9 Å². The number of nitrogens with zero attached hydrogens (tertiary/aromatic N) is 1. The Morgan fingerprint density at radius 1 is 1.14 bits per heavy atom. The first-order chi connectivity index (χ1) is 14.0. The molecule has 0 spiro atoms. The van der Waals surface area contributed by atoms with Crippen LogP contribution in [-0.4, -0.2) is 38.0 Å². The molecular weight excluding hydrogens is 372 g/mol. The van der Waals surface area contributed by atoms with Gasteiger partial charge in [-0.05, 0) is 24.6 Å². The molecule has 0 unspecified atom stereocenters. The number of carbonyl (C=O) groups is 3. The van der Waals surface area contributed by atoms with E-state index in [9.17, 15) is 14.4 Å². The van der Waals surface area contributed by atoms with E-state index < -0.39 is 11.9 Å². The molecular formula is C22H24N2O5. The Morgan fingerprint density at radius 2 is 1.83 bits per heavy atom. The number of para-hydroxylation sites is 2. The first kappa shape index (κ1) is 20.4. The number of amides is 2. The maximum Gasteiger partial charge on any atom is 0.311 e. The van der Waals surface area contributed by atoms with E-state index in [4.69, 9.17) is 9.47 Å². The quantitative estimate of drug-likeness (QED) is 0.727. The van der Waals surface area contributed by atoms with Crippen LogP contribution < -0.4 is 15.0 Å². The lowest BCUT2D eigenvalue weighted by atomic mass is 10.1. The van der Waals surface area contributed by atoms with E-state index in [0.717, 1.165) is 5.56 Å². The molecule has 1 aliphatic heterocycles. The van der Waals surface area contributed by atoms with E-state index in [1.165, 1.54) is 12.0 Å². The lowest BCUT2D eigenvalue weighted by molar-refractivity contribution is -0.152. The minimum absolute atomic E-state index is 0.0406. The average molecular weight is 396 g/mol. The van der Waals surface area contributed by atoms with Gasteiger partial charge < -0.3 is 19.7 Å². The van der Waals surface area contributed by atoms with Crippen molar-refractivity contribution >= 4 is 23.5 Å². The van der Waals surface area contributed by atoms with Crippen molar-refractivity contribution in [2.75, 3.05) is 25.2 Å². The van der Waals surface area contributed by atoms with Crippen LogP contribution in [0.3, 0.4) is 0 Å². The summed E-state index contributed by atoms with van der Waals surface area (Å²) in [5, 5.41) is 2.79. The molecule has 0 aromatic heterocycles. The summed E-state index contributed by atoms with van der Waals surface area (Å²) < 4.78 is 10.4. The maximum absolute atomic E-state index is 12.4. The lowest BCUT2D eigenvalue weighted by Gasteiger charge is -2.19. The third-order valence-corrected chi connectivity index (χ3v) is 4.86. The summed E-state index contributed by atoms with van der Waals surface area (Å²) in [6.45, 7) is 1.67. The normalized spacial score (nSPS) is 17.0. The van der Waals surface area contributed by atoms with Crippen molar-refractivity contribution in [2.24, 2.45) is 5.92 Å². The smallest absolute Gasteiger partial charge is 0.311 e. The Balaban J connectivity index is 1.52. The highest BCUT2D eigenvalue weighted by Gasteiger charge is 2.37. The molecule has 152 valence electrons. The molecule has 1 heterocycles. The summed E-state index contributed by atoms with van der Waals surface area (Å²) in [5.41, 5.74) is 1.57. The predicted molar refractivity (Wildman–Crippen MR) is 107 cm³/mol. The van der Waals surface area contributed by atoms with Gasteiger partial charge in [-0.25, -0.2) is 0 Å². The fraction of sp³-hybridized carbons (Fsp3) is 0.318. The first-order valence-corrected chi connectivity index (χ1v) is 9.44. The van der Waals surface area contributed by atoms with Gasteiger partial charge in [-0.1, -0.05) is 42.5 Å². The van der Waals surface area contributed by atoms with Crippen molar-refractivity contribution in [1.29, 1.82) is 0 Å². The molecule has 0 bridgehead atoms. The van der Waals surface area contributed by atoms with Crippen molar-refractivity contribution in [1.82, 2.24) is 5.32 Å². The van der Waals surface area contributed by atoms with Crippen LogP contribution in [0.5, 0.6) is 5.75 Å². The van der Waals surface area contributed by atoms with Gasteiger partial charge in [-0.15, -0.1) is 0 Å². The molecule has 7 nitrogen and oxygen atoms in total. The Bertz CT molecular complexity index is 884. The molecule has 2 atom stereocenters. The fourth-order valence-corrected chi connectivity index (χ4v) is 3.31. The number of hydrogen-bond acceptors (Lipinski definition) is 5. The number of esters is 1. The predicted octanol–water partition coefficient (Wildman–Crippen LogP) is 2.47. The molecule has 2 aromatic rings. The molecule has 1 aliphatic rings. The third-order valence-electron chi connectivity index (χ3n) is 4.86. The second-order valence-corrected chi connectivity index (χ2v) is 6.88. The zero-order chi connectivity index (χ0) is 20.8. The Kier molecular flexibility index (Phi) is 6.49. The first-order valence-electron chi connectivity index (χ1n) is 9.44. The zero-order valence-electron chi connectivity index (χ0n) is 16.5. The summed E-state index contributed by atoms with van der Waals surface area (Å²) in [6, 6.07) is 16.4. The van der Waals surface area contributed by atoms with Gasteiger partial charge in [0.25, 0.3) is 5.91 Å². The zero-order valence-corrected chi connectivity index (χ0v) is 16.5. The van der Waals surface area contributed by atoms with Gasteiger partial charge in [0.15, 0.2) is 6.61 Å². The SMILES string of the molecule is COc1ccccc1N1C[C@@H](C(=O)OCC(=O)N[C@@H](C)c2ccccc2)CC1=O. The van der Waals surface area contributed by atoms with Crippen molar-refractivity contribution in [2.45, 2.75) is 19.4 Å². The van der Waals surface area contributed by atoms with Gasteiger partial charge >= 0.3 is 5.97 Å². The average Bonchev–Trinajstić information content (AvgIpc) is 3.14. The van der Waals surface area contributed by atoms with Crippen LogP contribution in [0, 0.1) is 5.92 Å². The third kappa shape index (κ3) is 4.93. The number of anilines is 1. The highest BCUT2D eigenvalue weighted by molar-refractivity contribution is 6.00. The standard InChI is InChI=1S/C22H24N2O5/c1-15(16-8-4-3-5-9-16)23-20(25)14-29-22(27)17-12-21(26)24(13-17)18-10-6-7-11-19(18)28-2/h3-11,15,17H,12-14H2,1-2H3,(H,23,25)/t15-,17-/m0/s1. The highest BCUT2D eigenvalue weighted by Crippen LogP contribution is 2.33. The van der Waals surface area contributed by atoms with Crippen molar-refractivity contribution in [3.8, 4) is 5.75 Å². The minimum atomic E-state index is -0.619. The second kappa shape index (κ2) is 9.23. The van der Waals surface area contributed by atoms with Crippen LogP contribution in [0.2, 0.25) is 0 Å². The van der Waals surface area contributed by atoms with Crippen LogP contribution in [0.1, 0.15) is 24.9 Å². The van der Waals surface area contributed by atoms with E-state index in [1.807, 2.05) is 43.3 Å². The van der Waals surface area contributed by atoms with Gasteiger partial charge in [0.1, 0.15) is 5.75 Å². The summed E-state index contributed by atoms with van der Waals surface area (Å²) in [7, 11) is 1.53. The fourth-order valence-electron chi connectivity index (χ4n) is 3.31. The minimum Gasteiger partial charge on any atom is -0.495 e. The van der Waals surface area contributed by atoms with Crippen LogP contribution in [-0.2, 0) is 19.1 Å². The number of carbonyl (C=O) groups excluding carboxylic acids is 3. The van der Waals surface area contributed by atoms with Gasteiger partial charge in [-0.3, -0.25) is 14.4 Å².